The first kappa shape index (κ1) is 19.6. The molecule has 0 aromatic heterocycles. The average Bonchev–Trinajstić information content (AvgIpc) is 3.20. The van der Waals surface area contributed by atoms with Crippen molar-refractivity contribution in [2.45, 2.75) is 70.3 Å². The van der Waals surface area contributed by atoms with E-state index in [1.54, 1.807) is 7.05 Å². The highest BCUT2D eigenvalue weighted by molar-refractivity contribution is 5.98. The summed E-state index contributed by atoms with van der Waals surface area (Å²) in [6, 6.07) is 5.91. The normalized spacial score (nSPS) is 23.3. The Morgan fingerprint density at radius 1 is 1.26 bits per heavy atom. The smallest absolute Gasteiger partial charge is 0.313 e. The van der Waals surface area contributed by atoms with E-state index in [2.05, 4.69) is 11.4 Å². The molecule has 1 N–H and O–H groups in total. The second-order valence-corrected chi connectivity index (χ2v) is 7.84. The van der Waals surface area contributed by atoms with Crippen molar-refractivity contribution in [3.8, 4) is 0 Å². The molecule has 0 radical (unpaired) electrons. The van der Waals surface area contributed by atoms with Gasteiger partial charge in [-0.25, -0.2) is 0 Å². The van der Waals surface area contributed by atoms with Crippen LogP contribution in [0.3, 0.4) is 0 Å². The minimum Gasteiger partial charge on any atom is -0.458 e. The van der Waals surface area contributed by atoms with Gasteiger partial charge in [-0.2, -0.15) is 0 Å². The lowest BCUT2D eigenvalue weighted by atomic mass is 9.76. The number of benzene rings is 1. The molecular formula is C22H29NO4. The van der Waals surface area contributed by atoms with Crippen LogP contribution in [0, 0.1) is 5.92 Å². The number of nitrogens with one attached hydrogen (secondary N) is 1. The van der Waals surface area contributed by atoms with Gasteiger partial charge in [0.25, 0.3) is 5.91 Å². The molecule has 1 saturated carbocycles. The van der Waals surface area contributed by atoms with Crippen molar-refractivity contribution in [2.24, 2.45) is 5.92 Å². The number of carbonyl (C=O) groups is 3. The van der Waals surface area contributed by atoms with E-state index in [9.17, 15) is 14.4 Å². The lowest BCUT2D eigenvalue weighted by Crippen LogP contribution is -2.48. The van der Waals surface area contributed by atoms with E-state index in [0.29, 0.717) is 18.4 Å². The van der Waals surface area contributed by atoms with Gasteiger partial charge in [-0.05, 0) is 55.2 Å². The Labute approximate surface area is 160 Å². The van der Waals surface area contributed by atoms with Crippen molar-refractivity contribution in [3.63, 3.8) is 0 Å². The Kier molecular flexibility index (Phi) is 5.98. The molecule has 1 aliphatic heterocycles. The second-order valence-electron chi connectivity index (χ2n) is 7.84. The lowest BCUT2D eigenvalue weighted by molar-refractivity contribution is -0.178. The van der Waals surface area contributed by atoms with Gasteiger partial charge >= 0.3 is 5.97 Å². The van der Waals surface area contributed by atoms with Crippen molar-refractivity contribution < 1.29 is 19.1 Å². The molecule has 1 amide bonds. The molecule has 5 heteroatoms. The highest BCUT2D eigenvalue weighted by atomic mass is 16.6. The van der Waals surface area contributed by atoms with Crippen molar-refractivity contribution in [2.75, 3.05) is 7.05 Å². The molecule has 2 aliphatic rings. The highest BCUT2D eigenvalue weighted by Gasteiger charge is 2.47. The molecule has 2 fully saturated rings. The van der Waals surface area contributed by atoms with Gasteiger partial charge in [0.1, 0.15) is 17.8 Å². The molecule has 1 atom stereocenters. The molecule has 1 unspecified atom stereocenters. The number of carbonyl (C=O) groups excluding carboxylic acids is 3. The van der Waals surface area contributed by atoms with E-state index in [4.69, 9.17) is 4.74 Å². The van der Waals surface area contributed by atoms with E-state index >= 15 is 0 Å². The maximum Gasteiger partial charge on any atom is 0.313 e. The van der Waals surface area contributed by atoms with Crippen LogP contribution in [0.25, 0.3) is 0 Å². The molecule has 146 valence electrons. The predicted molar refractivity (Wildman–Crippen MR) is 103 cm³/mol. The Balaban J connectivity index is 1.80. The Hall–Kier alpha value is -2.17. The number of hydrogen-bond donors (Lipinski definition) is 1. The monoisotopic (exact) mass is 371 g/mol. The summed E-state index contributed by atoms with van der Waals surface area (Å²) in [5.74, 6) is -0.168. The van der Waals surface area contributed by atoms with Crippen LogP contribution in [-0.4, -0.2) is 30.3 Å². The van der Waals surface area contributed by atoms with Gasteiger partial charge in [0.15, 0.2) is 0 Å². The summed E-state index contributed by atoms with van der Waals surface area (Å²) in [6.45, 7) is 2.03. The first-order chi connectivity index (χ1) is 13.0. The number of hydrogen-bond acceptors (Lipinski definition) is 4. The zero-order valence-electron chi connectivity index (χ0n) is 16.3. The highest BCUT2D eigenvalue weighted by Crippen LogP contribution is 2.43. The van der Waals surface area contributed by atoms with Gasteiger partial charge in [-0.3, -0.25) is 14.4 Å². The zero-order valence-corrected chi connectivity index (χ0v) is 16.3. The quantitative estimate of drug-likeness (QED) is 0.615. The summed E-state index contributed by atoms with van der Waals surface area (Å²) in [5, 5.41) is 2.68. The lowest BCUT2D eigenvalue weighted by Gasteiger charge is -2.41. The number of esters is 1. The van der Waals surface area contributed by atoms with E-state index in [0.717, 1.165) is 49.7 Å². The Morgan fingerprint density at radius 3 is 2.63 bits per heavy atom. The van der Waals surface area contributed by atoms with Gasteiger partial charge in [0, 0.05) is 19.0 Å². The van der Waals surface area contributed by atoms with Gasteiger partial charge in [0.05, 0.1) is 0 Å². The molecule has 0 spiro atoms. The molecule has 1 aliphatic carbocycles. The summed E-state index contributed by atoms with van der Waals surface area (Å²) in [6.07, 6.45) is 6.76. The zero-order chi connectivity index (χ0) is 19.4. The molecular weight excluding hydrogens is 342 g/mol. The third-order valence-electron chi connectivity index (χ3n) is 6.11. The van der Waals surface area contributed by atoms with Gasteiger partial charge in [-0.1, -0.05) is 31.9 Å². The van der Waals surface area contributed by atoms with Crippen molar-refractivity contribution in [1.82, 2.24) is 5.32 Å². The van der Waals surface area contributed by atoms with Crippen LogP contribution in [0.4, 0.5) is 0 Å². The average molecular weight is 371 g/mol. The third-order valence-corrected chi connectivity index (χ3v) is 6.11. The molecule has 27 heavy (non-hydrogen) atoms. The van der Waals surface area contributed by atoms with Gasteiger partial charge in [-0.15, -0.1) is 0 Å². The third kappa shape index (κ3) is 4.23. The van der Waals surface area contributed by atoms with Crippen LogP contribution in [0.15, 0.2) is 18.2 Å². The van der Waals surface area contributed by atoms with E-state index in [-0.39, 0.29) is 30.0 Å². The minimum absolute atomic E-state index is 0.00219. The molecule has 1 saturated heterocycles. The van der Waals surface area contributed by atoms with E-state index < -0.39 is 5.60 Å². The van der Waals surface area contributed by atoms with Crippen molar-refractivity contribution in [1.29, 1.82) is 0 Å². The number of amides is 1. The van der Waals surface area contributed by atoms with Gasteiger partial charge in [0.2, 0.25) is 0 Å². The fourth-order valence-electron chi connectivity index (χ4n) is 4.69. The van der Waals surface area contributed by atoms with Crippen LogP contribution in [0.5, 0.6) is 0 Å². The molecule has 1 heterocycles. The molecule has 1 aromatic carbocycles. The summed E-state index contributed by atoms with van der Waals surface area (Å²) < 4.78 is 5.86. The number of ketones is 1. The minimum atomic E-state index is -0.644. The number of Topliss-reactive ketones (excluding diaryl/α,β-unsaturated/α-hetero) is 1. The maximum atomic E-state index is 12.2. The van der Waals surface area contributed by atoms with E-state index in [1.807, 2.05) is 19.1 Å². The van der Waals surface area contributed by atoms with E-state index in [1.165, 1.54) is 0 Å². The van der Waals surface area contributed by atoms with Crippen molar-refractivity contribution >= 4 is 17.7 Å². The fraction of sp³-hybridized carbons (Fsp3) is 0.591. The predicted octanol–water partition coefficient (Wildman–Crippen LogP) is 3.38. The van der Waals surface area contributed by atoms with Gasteiger partial charge < -0.3 is 10.1 Å². The fourth-order valence-corrected chi connectivity index (χ4v) is 4.69. The Bertz CT molecular complexity index is 718. The summed E-state index contributed by atoms with van der Waals surface area (Å²) in [4.78, 5) is 36.2. The van der Waals surface area contributed by atoms with Crippen molar-refractivity contribution in [3.05, 3.63) is 34.9 Å². The molecule has 0 bridgehead atoms. The first-order valence-corrected chi connectivity index (χ1v) is 10.0. The molecule has 3 rings (SSSR count). The largest absolute Gasteiger partial charge is 0.458 e. The summed E-state index contributed by atoms with van der Waals surface area (Å²) in [5.41, 5.74) is 2.19. The number of ether oxygens (including phenoxy) is 1. The first-order valence-electron chi connectivity index (χ1n) is 10.0. The maximum absolute atomic E-state index is 12.2. The summed E-state index contributed by atoms with van der Waals surface area (Å²) in [7, 11) is 1.63. The molecule has 5 nitrogen and oxygen atoms in total. The second kappa shape index (κ2) is 8.24. The number of cyclic esters (lactones) is 1. The topological polar surface area (TPSA) is 72.5 Å². The summed E-state index contributed by atoms with van der Waals surface area (Å²) >= 11 is 0. The molecule has 1 aromatic rings. The van der Waals surface area contributed by atoms with Crippen LogP contribution in [-0.2, 0) is 27.2 Å². The van der Waals surface area contributed by atoms with Crippen LogP contribution < -0.4 is 5.32 Å². The van der Waals surface area contributed by atoms with Crippen LogP contribution >= 0.6 is 0 Å². The van der Waals surface area contributed by atoms with Crippen LogP contribution in [0.1, 0.15) is 73.4 Å². The standard InChI is InChI=1S/C22H29NO4/c1-3-16-12-15(8-9-19(16)21(26)23-2)10-11-22(17-6-4-5-7-17)14-18(24)13-20(25)27-22/h8-9,12,17H,3-7,10-11,13-14H2,1-2H3,(H,23,26). The SMILES string of the molecule is CCc1cc(CCC2(C3CCCC3)CC(=O)CC(=O)O2)ccc1C(=O)NC. The Morgan fingerprint density at radius 2 is 2.00 bits per heavy atom. The number of rotatable bonds is 6. The number of aryl methyl sites for hydroxylation is 2. The van der Waals surface area contributed by atoms with Crippen LogP contribution in [0.2, 0.25) is 0 Å².